The Morgan fingerprint density at radius 1 is 1.18 bits per heavy atom. The van der Waals surface area contributed by atoms with Crippen LogP contribution in [0.2, 0.25) is 0 Å². The summed E-state index contributed by atoms with van der Waals surface area (Å²) in [6, 6.07) is 9.88. The van der Waals surface area contributed by atoms with Crippen molar-refractivity contribution in [2.75, 3.05) is 10.6 Å². The summed E-state index contributed by atoms with van der Waals surface area (Å²) in [5, 5.41) is 9.32. The van der Waals surface area contributed by atoms with Gasteiger partial charge in [0.1, 0.15) is 0 Å². The summed E-state index contributed by atoms with van der Waals surface area (Å²) in [5.41, 5.74) is 4.78. The summed E-state index contributed by atoms with van der Waals surface area (Å²) >= 11 is 1.55. The van der Waals surface area contributed by atoms with Crippen LogP contribution in [0, 0.1) is 12.8 Å². The van der Waals surface area contributed by atoms with Gasteiger partial charge in [0, 0.05) is 40.6 Å². The number of anilines is 3. The van der Waals surface area contributed by atoms with E-state index < -0.39 is 0 Å². The summed E-state index contributed by atoms with van der Waals surface area (Å²) in [5.74, 6) is 0.287. The van der Waals surface area contributed by atoms with Crippen LogP contribution in [0.5, 0.6) is 0 Å². The Kier molecular flexibility index (Phi) is 5.67. The van der Waals surface area contributed by atoms with Gasteiger partial charge in [0.25, 0.3) is 0 Å². The summed E-state index contributed by atoms with van der Waals surface area (Å²) in [6.07, 6.45) is 9.12. The van der Waals surface area contributed by atoms with Crippen molar-refractivity contribution in [2.45, 2.75) is 39.0 Å². The van der Waals surface area contributed by atoms with E-state index in [0.29, 0.717) is 0 Å². The minimum atomic E-state index is 0.141. The van der Waals surface area contributed by atoms with E-state index in [2.05, 4.69) is 20.6 Å². The number of hydrogen-bond donors (Lipinski definition) is 2. The standard InChI is InChI=1S/C22H24N4OS/c1-15-9-10-18(24-21(27)16-6-3-2-4-7-16)12-19(15)25-22-26-20(14-28-22)17-8-5-11-23-13-17/h5,8-14,16H,2-4,6-7H2,1H3,(H,24,27)(H,25,26). The van der Waals surface area contributed by atoms with Crippen LogP contribution in [0.25, 0.3) is 11.3 Å². The number of carbonyl (C=O) groups excluding carboxylic acids is 1. The Morgan fingerprint density at radius 3 is 2.82 bits per heavy atom. The zero-order valence-corrected chi connectivity index (χ0v) is 16.8. The smallest absolute Gasteiger partial charge is 0.227 e. The molecule has 2 aromatic heterocycles. The van der Waals surface area contributed by atoms with Gasteiger partial charge in [0.15, 0.2) is 5.13 Å². The Labute approximate surface area is 169 Å². The maximum Gasteiger partial charge on any atom is 0.227 e. The van der Waals surface area contributed by atoms with Gasteiger partial charge in [-0.1, -0.05) is 25.3 Å². The minimum Gasteiger partial charge on any atom is -0.331 e. The minimum absolute atomic E-state index is 0.141. The van der Waals surface area contributed by atoms with Gasteiger partial charge in [-0.3, -0.25) is 9.78 Å². The predicted octanol–water partition coefficient (Wildman–Crippen LogP) is 5.78. The van der Waals surface area contributed by atoms with Gasteiger partial charge < -0.3 is 10.6 Å². The lowest BCUT2D eigenvalue weighted by Crippen LogP contribution is -2.24. The molecule has 2 heterocycles. The number of benzene rings is 1. The normalized spacial score (nSPS) is 14.6. The monoisotopic (exact) mass is 392 g/mol. The lowest BCUT2D eigenvalue weighted by molar-refractivity contribution is -0.120. The maximum absolute atomic E-state index is 12.5. The number of thiazole rings is 1. The number of aryl methyl sites for hydroxylation is 1. The molecule has 144 valence electrons. The van der Waals surface area contributed by atoms with Crippen LogP contribution < -0.4 is 10.6 Å². The topological polar surface area (TPSA) is 66.9 Å². The fraction of sp³-hybridized carbons (Fsp3) is 0.318. The number of nitrogens with zero attached hydrogens (tertiary/aromatic N) is 2. The highest BCUT2D eigenvalue weighted by molar-refractivity contribution is 7.14. The molecular formula is C22H24N4OS. The van der Waals surface area contributed by atoms with Crippen molar-refractivity contribution < 1.29 is 4.79 Å². The maximum atomic E-state index is 12.5. The second-order valence-electron chi connectivity index (χ2n) is 7.26. The van der Waals surface area contributed by atoms with E-state index in [4.69, 9.17) is 0 Å². The first-order valence-corrected chi connectivity index (χ1v) is 10.6. The fourth-order valence-electron chi connectivity index (χ4n) is 3.54. The quantitative estimate of drug-likeness (QED) is 0.578. The number of amides is 1. The SMILES string of the molecule is Cc1ccc(NC(=O)C2CCCCC2)cc1Nc1nc(-c2cccnc2)cs1. The van der Waals surface area contributed by atoms with Crippen molar-refractivity contribution in [1.82, 2.24) is 9.97 Å². The summed E-state index contributed by atoms with van der Waals surface area (Å²) in [7, 11) is 0. The largest absolute Gasteiger partial charge is 0.331 e. The van der Waals surface area contributed by atoms with Crippen molar-refractivity contribution in [3.05, 3.63) is 53.7 Å². The molecular weight excluding hydrogens is 368 g/mol. The van der Waals surface area contributed by atoms with Crippen LogP contribution >= 0.6 is 11.3 Å². The molecule has 1 aliphatic rings. The van der Waals surface area contributed by atoms with E-state index >= 15 is 0 Å². The number of rotatable bonds is 5. The van der Waals surface area contributed by atoms with Gasteiger partial charge in [-0.05, 0) is 49.6 Å². The van der Waals surface area contributed by atoms with Gasteiger partial charge in [-0.25, -0.2) is 4.98 Å². The Balaban J connectivity index is 1.47. The second-order valence-corrected chi connectivity index (χ2v) is 8.12. The van der Waals surface area contributed by atoms with E-state index in [9.17, 15) is 4.79 Å². The molecule has 0 unspecified atom stereocenters. The molecule has 6 heteroatoms. The lowest BCUT2D eigenvalue weighted by Gasteiger charge is -2.21. The van der Waals surface area contributed by atoms with Gasteiger partial charge >= 0.3 is 0 Å². The van der Waals surface area contributed by atoms with Gasteiger partial charge in [-0.2, -0.15) is 0 Å². The molecule has 1 aromatic carbocycles. The molecule has 5 nitrogen and oxygen atoms in total. The van der Waals surface area contributed by atoms with Gasteiger partial charge in [0.05, 0.1) is 5.69 Å². The molecule has 28 heavy (non-hydrogen) atoms. The van der Waals surface area contributed by atoms with E-state index in [0.717, 1.165) is 59.0 Å². The highest BCUT2D eigenvalue weighted by atomic mass is 32.1. The van der Waals surface area contributed by atoms with Crippen molar-refractivity contribution in [3.63, 3.8) is 0 Å². The van der Waals surface area contributed by atoms with E-state index in [1.54, 1.807) is 17.5 Å². The van der Waals surface area contributed by atoms with Gasteiger partial charge in [-0.15, -0.1) is 11.3 Å². The number of carbonyl (C=O) groups is 1. The van der Waals surface area contributed by atoms with Crippen LogP contribution in [-0.4, -0.2) is 15.9 Å². The molecule has 0 radical (unpaired) electrons. The predicted molar refractivity (Wildman–Crippen MR) is 115 cm³/mol. The number of pyridine rings is 1. The van der Waals surface area contributed by atoms with Crippen LogP contribution in [0.4, 0.5) is 16.5 Å². The zero-order valence-electron chi connectivity index (χ0n) is 15.9. The first kappa shape index (κ1) is 18.6. The highest BCUT2D eigenvalue weighted by Gasteiger charge is 2.21. The molecule has 0 saturated heterocycles. The molecule has 2 N–H and O–H groups in total. The van der Waals surface area contributed by atoms with Crippen LogP contribution in [0.1, 0.15) is 37.7 Å². The highest BCUT2D eigenvalue weighted by Crippen LogP contribution is 2.30. The van der Waals surface area contributed by atoms with Gasteiger partial charge in [0.2, 0.25) is 5.91 Å². The number of nitrogens with one attached hydrogen (secondary N) is 2. The third-order valence-corrected chi connectivity index (χ3v) is 5.94. The molecule has 1 saturated carbocycles. The summed E-state index contributed by atoms with van der Waals surface area (Å²) in [6.45, 7) is 2.05. The van der Waals surface area contributed by atoms with Crippen molar-refractivity contribution >= 4 is 33.8 Å². The summed E-state index contributed by atoms with van der Waals surface area (Å²) < 4.78 is 0. The lowest BCUT2D eigenvalue weighted by atomic mass is 9.88. The van der Waals surface area contributed by atoms with Crippen molar-refractivity contribution in [3.8, 4) is 11.3 Å². The molecule has 1 fully saturated rings. The van der Waals surface area contributed by atoms with Crippen LogP contribution in [0.3, 0.4) is 0 Å². The second kappa shape index (κ2) is 8.52. The molecule has 0 atom stereocenters. The van der Waals surface area contributed by atoms with Crippen molar-refractivity contribution in [2.24, 2.45) is 5.92 Å². The molecule has 4 rings (SSSR count). The Bertz CT molecular complexity index is 948. The molecule has 0 aliphatic heterocycles. The Morgan fingerprint density at radius 2 is 2.04 bits per heavy atom. The molecule has 1 aliphatic carbocycles. The van der Waals surface area contributed by atoms with Crippen LogP contribution in [-0.2, 0) is 4.79 Å². The first-order valence-electron chi connectivity index (χ1n) is 9.73. The summed E-state index contributed by atoms with van der Waals surface area (Å²) in [4.78, 5) is 21.3. The third-order valence-electron chi connectivity index (χ3n) is 5.18. The third kappa shape index (κ3) is 4.39. The van der Waals surface area contributed by atoms with Crippen molar-refractivity contribution in [1.29, 1.82) is 0 Å². The van der Waals surface area contributed by atoms with E-state index in [1.807, 2.05) is 48.8 Å². The zero-order chi connectivity index (χ0) is 19.3. The molecule has 1 amide bonds. The average molecular weight is 393 g/mol. The number of aromatic nitrogens is 2. The molecule has 3 aromatic rings. The average Bonchev–Trinajstić information content (AvgIpc) is 3.20. The van der Waals surface area contributed by atoms with E-state index in [1.165, 1.54) is 6.42 Å². The van der Waals surface area contributed by atoms with E-state index in [-0.39, 0.29) is 11.8 Å². The first-order chi connectivity index (χ1) is 13.7. The Hall–Kier alpha value is -2.73. The fourth-order valence-corrected chi connectivity index (χ4v) is 4.27. The number of hydrogen-bond acceptors (Lipinski definition) is 5. The van der Waals surface area contributed by atoms with Crippen LogP contribution in [0.15, 0.2) is 48.1 Å². The molecule has 0 bridgehead atoms. The molecule has 0 spiro atoms.